The van der Waals surface area contributed by atoms with E-state index in [9.17, 15) is 0 Å². The van der Waals surface area contributed by atoms with Gasteiger partial charge in [0.15, 0.2) is 0 Å². The molecule has 0 radical (unpaired) electrons. The summed E-state index contributed by atoms with van der Waals surface area (Å²) >= 11 is 0. The van der Waals surface area contributed by atoms with E-state index in [1.165, 1.54) is 16.7 Å². The third-order valence-electron chi connectivity index (χ3n) is 3.55. The predicted molar refractivity (Wildman–Crippen MR) is 79.5 cm³/mol. The van der Waals surface area contributed by atoms with E-state index in [1.807, 2.05) is 24.3 Å². The third kappa shape index (κ3) is 3.36. The first-order chi connectivity index (χ1) is 9.10. The second-order valence-electron chi connectivity index (χ2n) is 5.01. The van der Waals surface area contributed by atoms with Crippen molar-refractivity contribution in [2.24, 2.45) is 5.73 Å². The van der Waals surface area contributed by atoms with E-state index in [0.717, 1.165) is 17.7 Å². The lowest BCUT2D eigenvalue weighted by atomic mass is 9.97. The zero-order valence-corrected chi connectivity index (χ0v) is 11.8. The zero-order valence-electron chi connectivity index (χ0n) is 11.8. The minimum absolute atomic E-state index is 0.00259. The molecular weight excluding hydrogens is 234 g/mol. The number of rotatable bonds is 4. The molecule has 2 aromatic carbocycles. The molecule has 100 valence electrons. The first-order valence-corrected chi connectivity index (χ1v) is 6.56. The van der Waals surface area contributed by atoms with Crippen LogP contribution >= 0.6 is 0 Å². The fraction of sp³-hybridized carbons (Fsp3) is 0.294. The van der Waals surface area contributed by atoms with Gasteiger partial charge in [-0.2, -0.15) is 0 Å². The molecule has 0 aliphatic carbocycles. The molecule has 2 heteroatoms. The summed E-state index contributed by atoms with van der Waals surface area (Å²) in [5.74, 6) is 0.855. The molecule has 0 aliphatic rings. The average Bonchev–Trinajstić information content (AvgIpc) is 2.43. The molecule has 2 N–H and O–H groups in total. The molecule has 0 amide bonds. The van der Waals surface area contributed by atoms with Gasteiger partial charge in [0.25, 0.3) is 0 Å². The van der Waals surface area contributed by atoms with E-state index in [4.69, 9.17) is 10.5 Å². The minimum Gasteiger partial charge on any atom is -0.497 e. The van der Waals surface area contributed by atoms with Crippen molar-refractivity contribution in [1.29, 1.82) is 0 Å². The highest BCUT2D eigenvalue weighted by molar-refractivity contribution is 5.34. The van der Waals surface area contributed by atoms with E-state index in [2.05, 4.69) is 32.0 Å². The molecular formula is C17H21NO. The second-order valence-corrected chi connectivity index (χ2v) is 5.01. The summed E-state index contributed by atoms with van der Waals surface area (Å²) in [6.45, 7) is 4.26. The molecule has 0 spiro atoms. The van der Waals surface area contributed by atoms with Crippen LogP contribution in [0.15, 0.2) is 42.5 Å². The van der Waals surface area contributed by atoms with Crippen molar-refractivity contribution < 1.29 is 4.74 Å². The number of hydrogen-bond acceptors (Lipinski definition) is 2. The molecule has 1 atom stereocenters. The van der Waals surface area contributed by atoms with Crippen molar-refractivity contribution in [3.05, 3.63) is 64.7 Å². The maximum absolute atomic E-state index is 6.28. The smallest absolute Gasteiger partial charge is 0.119 e. The molecule has 0 heterocycles. The van der Waals surface area contributed by atoms with Gasteiger partial charge in [-0.1, -0.05) is 30.3 Å². The van der Waals surface area contributed by atoms with Gasteiger partial charge < -0.3 is 10.5 Å². The number of nitrogens with two attached hydrogens (primary N) is 1. The number of benzene rings is 2. The summed E-state index contributed by atoms with van der Waals surface area (Å²) in [5.41, 5.74) is 11.3. The lowest BCUT2D eigenvalue weighted by Crippen LogP contribution is -2.13. The highest BCUT2D eigenvalue weighted by Gasteiger charge is 2.08. The third-order valence-corrected chi connectivity index (χ3v) is 3.55. The van der Waals surface area contributed by atoms with Crippen LogP contribution in [0.5, 0.6) is 5.75 Å². The molecule has 19 heavy (non-hydrogen) atoms. The topological polar surface area (TPSA) is 35.2 Å². The van der Waals surface area contributed by atoms with Gasteiger partial charge >= 0.3 is 0 Å². The Morgan fingerprint density at radius 2 is 1.84 bits per heavy atom. The molecule has 0 saturated carbocycles. The Hall–Kier alpha value is -1.80. The molecule has 0 saturated heterocycles. The Labute approximate surface area is 115 Å². The highest BCUT2D eigenvalue weighted by Crippen LogP contribution is 2.21. The minimum atomic E-state index is -0.00259. The van der Waals surface area contributed by atoms with Crippen LogP contribution < -0.4 is 10.5 Å². The normalized spacial score (nSPS) is 12.2. The van der Waals surface area contributed by atoms with Crippen molar-refractivity contribution in [2.45, 2.75) is 26.3 Å². The van der Waals surface area contributed by atoms with E-state index in [0.29, 0.717) is 0 Å². The monoisotopic (exact) mass is 255 g/mol. The summed E-state index contributed by atoms with van der Waals surface area (Å²) in [6.07, 6.45) is 0.842. The van der Waals surface area contributed by atoms with Gasteiger partial charge in [-0.3, -0.25) is 0 Å². The summed E-state index contributed by atoms with van der Waals surface area (Å²) in [5, 5.41) is 0. The summed E-state index contributed by atoms with van der Waals surface area (Å²) in [6, 6.07) is 14.5. The van der Waals surface area contributed by atoms with Gasteiger partial charge in [-0.05, 0) is 54.7 Å². The maximum Gasteiger partial charge on any atom is 0.119 e. The van der Waals surface area contributed by atoms with Crippen LogP contribution in [0, 0.1) is 13.8 Å². The molecule has 0 aromatic heterocycles. The number of aryl methyl sites for hydroxylation is 2. The Morgan fingerprint density at radius 3 is 2.53 bits per heavy atom. The van der Waals surface area contributed by atoms with Crippen LogP contribution in [-0.2, 0) is 6.42 Å². The van der Waals surface area contributed by atoms with E-state index in [1.54, 1.807) is 7.11 Å². The van der Waals surface area contributed by atoms with Gasteiger partial charge in [-0.25, -0.2) is 0 Å². The predicted octanol–water partition coefficient (Wildman–Crippen LogP) is 3.55. The van der Waals surface area contributed by atoms with Gasteiger partial charge in [0, 0.05) is 6.04 Å². The molecule has 2 aromatic rings. The molecule has 0 fully saturated rings. The first-order valence-electron chi connectivity index (χ1n) is 6.56. The van der Waals surface area contributed by atoms with Crippen LogP contribution in [0.1, 0.15) is 28.3 Å². The van der Waals surface area contributed by atoms with Crippen molar-refractivity contribution in [1.82, 2.24) is 0 Å². The van der Waals surface area contributed by atoms with E-state index >= 15 is 0 Å². The van der Waals surface area contributed by atoms with Gasteiger partial charge in [0.2, 0.25) is 0 Å². The molecule has 1 unspecified atom stereocenters. The Bertz CT molecular complexity index is 563. The van der Waals surface area contributed by atoms with Crippen LogP contribution in [0.4, 0.5) is 0 Å². The largest absolute Gasteiger partial charge is 0.497 e. The molecule has 2 nitrogen and oxygen atoms in total. The number of hydrogen-bond donors (Lipinski definition) is 1. The van der Waals surface area contributed by atoms with Gasteiger partial charge in [-0.15, -0.1) is 0 Å². The van der Waals surface area contributed by atoms with Gasteiger partial charge in [0.05, 0.1) is 7.11 Å². The van der Waals surface area contributed by atoms with Gasteiger partial charge in [0.1, 0.15) is 5.75 Å². The highest BCUT2D eigenvalue weighted by atomic mass is 16.5. The lowest BCUT2D eigenvalue weighted by Gasteiger charge is -2.14. The summed E-state index contributed by atoms with van der Waals surface area (Å²) in [7, 11) is 1.67. The fourth-order valence-corrected chi connectivity index (χ4v) is 2.17. The summed E-state index contributed by atoms with van der Waals surface area (Å²) in [4.78, 5) is 0. The van der Waals surface area contributed by atoms with Crippen LogP contribution in [-0.4, -0.2) is 7.11 Å². The molecule has 0 aliphatic heterocycles. The van der Waals surface area contributed by atoms with Crippen molar-refractivity contribution >= 4 is 0 Å². The quantitative estimate of drug-likeness (QED) is 0.906. The molecule has 2 rings (SSSR count). The standard InChI is InChI=1S/C17H21NO/c1-12-7-8-14(9-13(12)2)10-17(18)15-5-4-6-16(11-15)19-3/h4-9,11,17H,10,18H2,1-3H3. The van der Waals surface area contributed by atoms with Crippen molar-refractivity contribution in [3.63, 3.8) is 0 Å². The first kappa shape index (κ1) is 13.6. The van der Waals surface area contributed by atoms with Crippen LogP contribution in [0.3, 0.4) is 0 Å². The Kier molecular flexibility index (Phi) is 4.23. The Balaban J connectivity index is 2.15. The number of ether oxygens (including phenoxy) is 1. The van der Waals surface area contributed by atoms with Crippen LogP contribution in [0.25, 0.3) is 0 Å². The maximum atomic E-state index is 6.28. The SMILES string of the molecule is COc1cccc(C(N)Cc2ccc(C)c(C)c2)c1. The fourth-order valence-electron chi connectivity index (χ4n) is 2.17. The number of methoxy groups -OCH3 is 1. The molecule has 0 bridgehead atoms. The van der Waals surface area contributed by atoms with E-state index < -0.39 is 0 Å². The van der Waals surface area contributed by atoms with E-state index in [-0.39, 0.29) is 6.04 Å². The van der Waals surface area contributed by atoms with Crippen molar-refractivity contribution in [2.75, 3.05) is 7.11 Å². The zero-order chi connectivity index (χ0) is 13.8. The second kappa shape index (κ2) is 5.89. The average molecular weight is 255 g/mol. The lowest BCUT2D eigenvalue weighted by molar-refractivity contribution is 0.414. The van der Waals surface area contributed by atoms with Crippen molar-refractivity contribution in [3.8, 4) is 5.75 Å². The summed E-state index contributed by atoms with van der Waals surface area (Å²) < 4.78 is 5.23. The van der Waals surface area contributed by atoms with Crippen LogP contribution in [0.2, 0.25) is 0 Å². The Morgan fingerprint density at radius 1 is 1.05 bits per heavy atom.